The van der Waals surface area contributed by atoms with Crippen molar-refractivity contribution in [2.24, 2.45) is 5.10 Å². The number of H-pyrrole nitrogens is 1. The van der Waals surface area contributed by atoms with Gasteiger partial charge in [-0.15, -0.1) is 11.3 Å². The van der Waals surface area contributed by atoms with E-state index in [1.165, 1.54) is 0 Å². The van der Waals surface area contributed by atoms with Gasteiger partial charge in [-0.2, -0.15) is 10.2 Å². The van der Waals surface area contributed by atoms with Gasteiger partial charge in [-0.05, 0) is 49.6 Å². The smallest absolute Gasteiger partial charge is 0.281 e. The number of fused-ring (bicyclic) bond motifs is 1. The third-order valence-electron chi connectivity index (χ3n) is 3.52. The van der Waals surface area contributed by atoms with E-state index in [9.17, 15) is 4.79 Å². The van der Waals surface area contributed by atoms with Gasteiger partial charge in [0.15, 0.2) is 5.69 Å². The van der Waals surface area contributed by atoms with Crippen molar-refractivity contribution in [1.82, 2.24) is 15.6 Å². The lowest BCUT2D eigenvalue weighted by atomic mass is 9.96. The van der Waals surface area contributed by atoms with Gasteiger partial charge in [0, 0.05) is 16.1 Å². The normalized spacial score (nSPS) is 14.4. The molecule has 3 rings (SSSR count). The molecule has 2 aromatic heterocycles. The highest BCUT2D eigenvalue weighted by Crippen LogP contribution is 2.21. The molecule has 0 saturated heterocycles. The molecule has 0 spiro atoms. The maximum atomic E-state index is 12.1. The number of aromatic nitrogens is 2. The van der Waals surface area contributed by atoms with Gasteiger partial charge >= 0.3 is 0 Å². The van der Waals surface area contributed by atoms with Gasteiger partial charge < -0.3 is 0 Å². The predicted octanol–water partition coefficient (Wildman–Crippen LogP) is 2.42. The fourth-order valence-electron chi connectivity index (χ4n) is 2.39. The van der Waals surface area contributed by atoms with Crippen LogP contribution in [0.15, 0.2) is 16.5 Å². The molecule has 5 nitrogen and oxygen atoms in total. The summed E-state index contributed by atoms with van der Waals surface area (Å²) in [6.07, 6.45) is 5.85. The molecule has 0 saturated carbocycles. The second kappa shape index (κ2) is 5.58. The molecule has 0 unspecified atom stereocenters. The van der Waals surface area contributed by atoms with Crippen molar-refractivity contribution in [2.45, 2.75) is 32.6 Å². The zero-order chi connectivity index (χ0) is 13.9. The lowest BCUT2D eigenvalue weighted by Gasteiger charge is -2.10. The van der Waals surface area contributed by atoms with Gasteiger partial charge in [-0.1, -0.05) is 0 Å². The molecule has 2 heterocycles. The number of nitrogens with one attached hydrogen (secondary N) is 2. The van der Waals surface area contributed by atoms with E-state index in [1.807, 2.05) is 18.4 Å². The monoisotopic (exact) mass is 288 g/mol. The largest absolute Gasteiger partial charge is 0.292 e. The number of aryl methyl sites for hydroxylation is 2. The molecule has 6 heteroatoms. The number of rotatable bonds is 3. The van der Waals surface area contributed by atoms with E-state index < -0.39 is 0 Å². The maximum Gasteiger partial charge on any atom is 0.292 e. The molecule has 20 heavy (non-hydrogen) atoms. The summed E-state index contributed by atoms with van der Waals surface area (Å²) in [6.45, 7) is 2.02. The van der Waals surface area contributed by atoms with Crippen LogP contribution in [0, 0.1) is 6.92 Å². The van der Waals surface area contributed by atoms with Crippen molar-refractivity contribution in [3.8, 4) is 0 Å². The second-order valence-electron chi connectivity index (χ2n) is 4.90. The van der Waals surface area contributed by atoms with E-state index >= 15 is 0 Å². The Morgan fingerprint density at radius 2 is 2.35 bits per heavy atom. The summed E-state index contributed by atoms with van der Waals surface area (Å²) in [6, 6.07) is 2.03. The minimum atomic E-state index is -0.241. The van der Waals surface area contributed by atoms with Crippen LogP contribution in [0.25, 0.3) is 0 Å². The van der Waals surface area contributed by atoms with Crippen molar-refractivity contribution in [3.05, 3.63) is 38.8 Å². The molecular formula is C14H16N4OS. The van der Waals surface area contributed by atoms with Crippen LogP contribution in [0.1, 0.15) is 45.0 Å². The first-order chi connectivity index (χ1) is 9.75. The summed E-state index contributed by atoms with van der Waals surface area (Å²) in [5, 5.41) is 13.1. The molecule has 0 bridgehead atoms. The van der Waals surface area contributed by atoms with E-state index in [4.69, 9.17) is 0 Å². The molecule has 0 atom stereocenters. The first-order valence-electron chi connectivity index (χ1n) is 6.69. The van der Waals surface area contributed by atoms with Crippen LogP contribution in [0.5, 0.6) is 0 Å². The molecule has 1 aliphatic carbocycles. The van der Waals surface area contributed by atoms with Gasteiger partial charge in [-0.25, -0.2) is 5.43 Å². The van der Waals surface area contributed by atoms with Crippen LogP contribution in [0.4, 0.5) is 0 Å². The number of amides is 1. The Morgan fingerprint density at radius 3 is 3.15 bits per heavy atom. The van der Waals surface area contributed by atoms with E-state index in [2.05, 4.69) is 20.7 Å². The zero-order valence-electron chi connectivity index (χ0n) is 11.3. The van der Waals surface area contributed by atoms with E-state index in [0.717, 1.165) is 47.4 Å². The van der Waals surface area contributed by atoms with Crippen LogP contribution in [-0.2, 0) is 12.8 Å². The quantitative estimate of drug-likeness (QED) is 0.672. The Kier molecular flexibility index (Phi) is 3.64. The summed E-state index contributed by atoms with van der Waals surface area (Å²) in [7, 11) is 0. The van der Waals surface area contributed by atoms with Gasteiger partial charge in [0.2, 0.25) is 0 Å². The molecular weight excluding hydrogens is 272 g/mol. The van der Waals surface area contributed by atoms with Crippen molar-refractivity contribution in [1.29, 1.82) is 0 Å². The number of hydrogen-bond donors (Lipinski definition) is 2. The van der Waals surface area contributed by atoms with Gasteiger partial charge in [-0.3, -0.25) is 9.89 Å². The van der Waals surface area contributed by atoms with Crippen molar-refractivity contribution in [3.63, 3.8) is 0 Å². The highest BCUT2D eigenvalue weighted by atomic mass is 32.1. The summed E-state index contributed by atoms with van der Waals surface area (Å²) < 4.78 is 0. The molecule has 0 aromatic carbocycles. The van der Waals surface area contributed by atoms with Gasteiger partial charge in [0.25, 0.3) is 5.91 Å². The fraction of sp³-hybridized carbons (Fsp3) is 0.357. The maximum absolute atomic E-state index is 12.1. The van der Waals surface area contributed by atoms with E-state index in [-0.39, 0.29) is 5.91 Å². The lowest BCUT2D eigenvalue weighted by Crippen LogP contribution is -2.20. The second-order valence-corrected chi connectivity index (χ2v) is 5.85. The van der Waals surface area contributed by atoms with E-state index in [1.54, 1.807) is 17.6 Å². The van der Waals surface area contributed by atoms with Crippen molar-refractivity contribution >= 4 is 23.5 Å². The number of aromatic amines is 1. The average molecular weight is 288 g/mol. The first-order valence-corrected chi connectivity index (χ1v) is 7.57. The Labute approximate surface area is 121 Å². The van der Waals surface area contributed by atoms with Crippen LogP contribution in [-0.4, -0.2) is 22.3 Å². The molecule has 2 aromatic rings. The predicted molar refractivity (Wildman–Crippen MR) is 79.3 cm³/mol. The van der Waals surface area contributed by atoms with Crippen LogP contribution < -0.4 is 5.43 Å². The number of nitrogens with zero attached hydrogens (tertiary/aromatic N) is 2. The highest BCUT2D eigenvalue weighted by molar-refractivity contribution is 7.11. The summed E-state index contributed by atoms with van der Waals surface area (Å²) in [5.41, 5.74) is 6.35. The van der Waals surface area contributed by atoms with Gasteiger partial charge in [0.05, 0.1) is 6.21 Å². The molecule has 2 N–H and O–H groups in total. The SMILES string of the molecule is Cc1ccsc1/C=N\NC(=O)c1n[nH]c2c1CCCC2. The molecule has 0 fully saturated rings. The summed E-state index contributed by atoms with van der Waals surface area (Å²) >= 11 is 1.60. The molecule has 104 valence electrons. The first kappa shape index (κ1) is 13.1. The van der Waals surface area contributed by atoms with Gasteiger partial charge in [0.1, 0.15) is 0 Å². The van der Waals surface area contributed by atoms with Crippen molar-refractivity contribution in [2.75, 3.05) is 0 Å². The Hall–Kier alpha value is -1.95. The lowest BCUT2D eigenvalue weighted by molar-refractivity contribution is 0.0949. The standard InChI is InChI=1S/C14H16N4OS/c1-9-6-7-20-12(9)8-15-18-14(19)13-10-4-2-3-5-11(10)16-17-13/h6-8H,2-5H2,1H3,(H,16,17)(H,18,19)/b15-8-. The average Bonchev–Trinajstić information content (AvgIpc) is 3.05. The fourth-order valence-corrected chi connectivity index (χ4v) is 3.17. The Bertz CT molecular complexity index is 656. The third kappa shape index (κ3) is 2.51. The third-order valence-corrected chi connectivity index (χ3v) is 4.47. The highest BCUT2D eigenvalue weighted by Gasteiger charge is 2.21. The zero-order valence-corrected chi connectivity index (χ0v) is 12.1. The Balaban J connectivity index is 1.69. The summed E-state index contributed by atoms with van der Waals surface area (Å²) in [4.78, 5) is 13.1. The molecule has 0 aliphatic heterocycles. The molecule has 0 radical (unpaired) electrons. The number of hydrazone groups is 1. The van der Waals surface area contributed by atoms with E-state index in [0.29, 0.717) is 5.69 Å². The number of carbonyl (C=O) groups excluding carboxylic acids is 1. The minimum Gasteiger partial charge on any atom is -0.281 e. The Morgan fingerprint density at radius 1 is 1.50 bits per heavy atom. The topological polar surface area (TPSA) is 70.1 Å². The van der Waals surface area contributed by atoms with Crippen molar-refractivity contribution < 1.29 is 4.79 Å². The minimum absolute atomic E-state index is 0.241. The molecule has 1 amide bonds. The van der Waals surface area contributed by atoms with Crippen LogP contribution in [0.3, 0.4) is 0 Å². The number of hydrogen-bond acceptors (Lipinski definition) is 4. The van der Waals surface area contributed by atoms with Crippen LogP contribution in [0.2, 0.25) is 0 Å². The van der Waals surface area contributed by atoms with Crippen LogP contribution >= 0.6 is 11.3 Å². The number of carbonyl (C=O) groups is 1. The summed E-state index contributed by atoms with van der Waals surface area (Å²) in [5.74, 6) is -0.241. The number of thiophene rings is 1. The molecule has 1 aliphatic rings.